The van der Waals surface area contributed by atoms with Gasteiger partial charge in [0.05, 0.1) is 17.0 Å². The van der Waals surface area contributed by atoms with Gasteiger partial charge < -0.3 is 5.32 Å². The fraction of sp³-hybridized carbons (Fsp3) is 0.375. The van der Waals surface area contributed by atoms with E-state index in [1.807, 2.05) is 0 Å². The molecule has 174 valence electrons. The SMILES string of the molecule is CC(=O)Nc1ccc(S(=O)(=O)N(C2CCCCC2)C2CC(=O)N(c3ccccc3)C2=O)cc1. The van der Waals surface area contributed by atoms with Gasteiger partial charge >= 0.3 is 0 Å². The van der Waals surface area contributed by atoms with Gasteiger partial charge in [0, 0.05) is 18.7 Å². The van der Waals surface area contributed by atoms with Crippen molar-refractivity contribution < 1.29 is 22.8 Å². The van der Waals surface area contributed by atoms with E-state index in [9.17, 15) is 22.8 Å². The van der Waals surface area contributed by atoms with Crippen molar-refractivity contribution in [3.63, 3.8) is 0 Å². The Kier molecular flexibility index (Phi) is 6.62. The highest BCUT2D eigenvalue weighted by molar-refractivity contribution is 7.89. The quantitative estimate of drug-likeness (QED) is 0.654. The molecule has 0 bridgehead atoms. The molecule has 33 heavy (non-hydrogen) atoms. The van der Waals surface area contributed by atoms with E-state index in [0.717, 1.165) is 24.2 Å². The molecule has 1 atom stereocenters. The third-order valence-corrected chi connectivity index (χ3v) is 8.10. The minimum absolute atomic E-state index is 0.0283. The van der Waals surface area contributed by atoms with Crippen molar-refractivity contribution in [2.24, 2.45) is 0 Å². The summed E-state index contributed by atoms with van der Waals surface area (Å²) in [5, 5.41) is 2.62. The van der Waals surface area contributed by atoms with Crippen molar-refractivity contribution in [2.75, 3.05) is 10.2 Å². The number of carbonyl (C=O) groups excluding carboxylic acids is 3. The molecule has 1 N–H and O–H groups in total. The Morgan fingerprint density at radius 3 is 2.21 bits per heavy atom. The molecule has 1 aliphatic carbocycles. The van der Waals surface area contributed by atoms with Crippen LogP contribution in [0.15, 0.2) is 59.5 Å². The van der Waals surface area contributed by atoms with E-state index in [-0.39, 0.29) is 23.3 Å². The number of sulfonamides is 1. The Labute approximate surface area is 193 Å². The lowest BCUT2D eigenvalue weighted by Crippen LogP contribution is -2.51. The van der Waals surface area contributed by atoms with Crippen molar-refractivity contribution >= 4 is 39.1 Å². The fourth-order valence-electron chi connectivity index (χ4n) is 4.65. The first kappa shape index (κ1) is 23.1. The Hall–Kier alpha value is -3.04. The monoisotopic (exact) mass is 469 g/mol. The summed E-state index contributed by atoms with van der Waals surface area (Å²) >= 11 is 0. The van der Waals surface area contributed by atoms with Crippen LogP contribution in [-0.4, -0.2) is 42.5 Å². The van der Waals surface area contributed by atoms with E-state index in [4.69, 9.17) is 0 Å². The molecule has 1 saturated carbocycles. The number of para-hydroxylation sites is 1. The lowest BCUT2D eigenvalue weighted by molar-refractivity contribution is -0.122. The average molecular weight is 470 g/mol. The van der Waals surface area contributed by atoms with Crippen molar-refractivity contribution in [3.8, 4) is 0 Å². The molecule has 2 aromatic rings. The topological polar surface area (TPSA) is 104 Å². The minimum atomic E-state index is -4.07. The summed E-state index contributed by atoms with van der Waals surface area (Å²) < 4.78 is 28.9. The number of carbonyl (C=O) groups is 3. The second kappa shape index (κ2) is 9.44. The molecule has 9 heteroatoms. The standard InChI is InChI=1S/C24H27N3O5S/c1-17(28)25-18-12-14-21(15-13-18)33(31,32)27(20-10-6-3-7-11-20)22-16-23(29)26(24(22)30)19-8-4-2-5-9-19/h2,4-5,8-9,12-15,20,22H,3,6-7,10-11,16H2,1H3,(H,25,28). The van der Waals surface area contributed by atoms with Crippen LogP contribution < -0.4 is 10.2 Å². The zero-order valence-electron chi connectivity index (χ0n) is 18.4. The van der Waals surface area contributed by atoms with Crippen LogP contribution in [0.25, 0.3) is 0 Å². The summed E-state index contributed by atoms with van der Waals surface area (Å²) in [5.41, 5.74) is 0.920. The van der Waals surface area contributed by atoms with Gasteiger partial charge in [-0.2, -0.15) is 4.31 Å². The highest BCUT2D eigenvalue weighted by Gasteiger charge is 2.49. The van der Waals surface area contributed by atoms with Crippen LogP contribution in [0.2, 0.25) is 0 Å². The van der Waals surface area contributed by atoms with Gasteiger partial charge in [0.1, 0.15) is 6.04 Å². The first-order valence-electron chi connectivity index (χ1n) is 11.1. The van der Waals surface area contributed by atoms with Crippen molar-refractivity contribution in [1.82, 2.24) is 4.31 Å². The first-order valence-corrected chi connectivity index (χ1v) is 12.6. The predicted molar refractivity (Wildman–Crippen MR) is 124 cm³/mol. The summed E-state index contributed by atoms with van der Waals surface area (Å²) in [7, 11) is -4.07. The second-order valence-corrected chi connectivity index (χ2v) is 10.3. The Morgan fingerprint density at radius 2 is 1.61 bits per heavy atom. The molecule has 8 nitrogen and oxygen atoms in total. The minimum Gasteiger partial charge on any atom is -0.326 e. The van der Waals surface area contributed by atoms with Gasteiger partial charge in [-0.15, -0.1) is 0 Å². The van der Waals surface area contributed by atoms with Crippen LogP contribution in [0.5, 0.6) is 0 Å². The molecular weight excluding hydrogens is 442 g/mol. The molecule has 2 aliphatic rings. The predicted octanol–water partition coefficient (Wildman–Crippen LogP) is 3.30. The van der Waals surface area contributed by atoms with Crippen molar-refractivity contribution in [1.29, 1.82) is 0 Å². The first-order chi connectivity index (χ1) is 15.8. The summed E-state index contributed by atoms with van der Waals surface area (Å²) in [5.74, 6) is -1.19. The van der Waals surface area contributed by atoms with E-state index in [1.54, 1.807) is 30.3 Å². The van der Waals surface area contributed by atoms with E-state index < -0.39 is 27.9 Å². The smallest absolute Gasteiger partial charge is 0.252 e. The summed E-state index contributed by atoms with van der Waals surface area (Å²) in [6, 6.07) is 13.0. The van der Waals surface area contributed by atoms with Gasteiger partial charge in [-0.1, -0.05) is 37.5 Å². The van der Waals surface area contributed by atoms with E-state index >= 15 is 0 Å². The maximum absolute atomic E-state index is 13.8. The van der Waals surface area contributed by atoms with Crippen LogP contribution in [0, 0.1) is 0 Å². The van der Waals surface area contributed by atoms with Crippen LogP contribution in [-0.2, 0) is 24.4 Å². The second-order valence-electron chi connectivity index (χ2n) is 8.46. The van der Waals surface area contributed by atoms with Gasteiger partial charge in [0.25, 0.3) is 5.91 Å². The normalized spacial score (nSPS) is 19.8. The third-order valence-electron chi connectivity index (χ3n) is 6.13. The molecule has 2 aromatic carbocycles. The van der Waals surface area contributed by atoms with Crippen molar-refractivity contribution in [2.45, 2.75) is 62.4 Å². The third kappa shape index (κ3) is 4.69. The number of hydrogen-bond donors (Lipinski definition) is 1. The Morgan fingerprint density at radius 1 is 0.970 bits per heavy atom. The zero-order chi connectivity index (χ0) is 23.6. The highest BCUT2D eigenvalue weighted by atomic mass is 32.2. The zero-order valence-corrected chi connectivity index (χ0v) is 19.3. The van der Waals surface area contributed by atoms with Crippen LogP contribution >= 0.6 is 0 Å². The van der Waals surface area contributed by atoms with Crippen LogP contribution in [0.4, 0.5) is 11.4 Å². The van der Waals surface area contributed by atoms with E-state index in [0.29, 0.717) is 24.2 Å². The van der Waals surface area contributed by atoms with Crippen LogP contribution in [0.1, 0.15) is 45.4 Å². The number of nitrogens with one attached hydrogen (secondary N) is 1. The van der Waals surface area contributed by atoms with Gasteiger partial charge in [-0.25, -0.2) is 13.3 Å². The molecule has 2 fully saturated rings. The number of hydrogen-bond acceptors (Lipinski definition) is 5. The van der Waals surface area contributed by atoms with Gasteiger partial charge in [-0.05, 0) is 49.2 Å². The van der Waals surface area contributed by atoms with E-state index in [2.05, 4.69) is 5.32 Å². The Balaban J connectivity index is 1.70. The Bertz CT molecular complexity index is 1140. The lowest BCUT2D eigenvalue weighted by atomic mass is 9.94. The number of imide groups is 1. The number of rotatable bonds is 6. The largest absolute Gasteiger partial charge is 0.326 e. The number of benzene rings is 2. The average Bonchev–Trinajstić information content (AvgIpc) is 3.08. The molecular formula is C24H27N3O5S. The van der Waals surface area contributed by atoms with Gasteiger partial charge in [-0.3, -0.25) is 14.4 Å². The summed E-state index contributed by atoms with van der Waals surface area (Å²) in [6.45, 7) is 1.37. The number of nitrogens with zero attached hydrogens (tertiary/aromatic N) is 2. The molecule has 0 spiro atoms. The van der Waals surface area contributed by atoms with Gasteiger partial charge in [0.15, 0.2) is 0 Å². The molecule has 3 amide bonds. The maximum atomic E-state index is 13.8. The highest BCUT2D eigenvalue weighted by Crippen LogP contribution is 2.35. The maximum Gasteiger partial charge on any atom is 0.252 e. The molecule has 0 aromatic heterocycles. The molecule has 1 saturated heterocycles. The van der Waals surface area contributed by atoms with Crippen LogP contribution in [0.3, 0.4) is 0 Å². The van der Waals surface area contributed by atoms with E-state index in [1.165, 1.54) is 35.5 Å². The molecule has 0 radical (unpaired) electrons. The lowest BCUT2D eigenvalue weighted by Gasteiger charge is -2.36. The number of anilines is 2. The van der Waals surface area contributed by atoms with Gasteiger partial charge in [0.2, 0.25) is 21.8 Å². The summed E-state index contributed by atoms with van der Waals surface area (Å²) in [4.78, 5) is 38.7. The molecule has 1 heterocycles. The fourth-order valence-corrected chi connectivity index (χ4v) is 6.48. The molecule has 1 aliphatic heterocycles. The molecule has 4 rings (SSSR count). The molecule has 1 unspecified atom stereocenters. The number of amides is 3. The van der Waals surface area contributed by atoms with Crippen molar-refractivity contribution in [3.05, 3.63) is 54.6 Å². The summed E-state index contributed by atoms with van der Waals surface area (Å²) in [6.07, 6.45) is 3.86.